The highest BCUT2D eigenvalue weighted by atomic mass is 16.2. The van der Waals surface area contributed by atoms with Crippen LogP contribution in [0.2, 0.25) is 0 Å². The zero-order valence-corrected chi connectivity index (χ0v) is 23.5. The molecule has 3 amide bonds. The SMILES string of the molecule is CCc1cccc(CC)c1NC(=O)c1cccc(N2C(=O)[C@@H]3C4c5ccccc5C(c5ccccc54)[C@@]3(C)C2=O)c1. The van der Waals surface area contributed by atoms with E-state index >= 15 is 0 Å². The third-order valence-electron chi connectivity index (χ3n) is 9.62. The van der Waals surface area contributed by atoms with Crippen LogP contribution < -0.4 is 10.2 Å². The maximum atomic E-state index is 14.4. The quantitative estimate of drug-likeness (QED) is 0.282. The highest BCUT2D eigenvalue weighted by Crippen LogP contribution is 2.67. The molecule has 1 saturated heterocycles. The van der Waals surface area contributed by atoms with Gasteiger partial charge >= 0.3 is 0 Å². The Kier molecular flexibility index (Phi) is 5.75. The smallest absolute Gasteiger partial charge is 0.255 e. The molecule has 1 aliphatic heterocycles. The fraction of sp³-hybridized carbons (Fsp3) is 0.250. The molecule has 0 spiro atoms. The zero-order valence-electron chi connectivity index (χ0n) is 23.5. The Labute approximate surface area is 240 Å². The predicted octanol–water partition coefficient (Wildman–Crippen LogP) is 6.85. The van der Waals surface area contributed by atoms with E-state index in [0.717, 1.165) is 51.9 Å². The second-order valence-corrected chi connectivity index (χ2v) is 11.6. The van der Waals surface area contributed by atoms with Crippen LogP contribution in [-0.4, -0.2) is 17.7 Å². The van der Waals surface area contributed by atoms with E-state index in [1.165, 1.54) is 4.90 Å². The third-order valence-corrected chi connectivity index (χ3v) is 9.62. The van der Waals surface area contributed by atoms with Crippen LogP contribution >= 0.6 is 0 Å². The fourth-order valence-electron chi connectivity index (χ4n) is 7.74. The van der Waals surface area contributed by atoms with Crippen molar-refractivity contribution in [2.75, 3.05) is 10.2 Å². The summed E-state index contributed by atoms with van der Waals surface area (Å²) >= 11 is 0. The molecule has 0 radical (unpaired) electrons. The standard InChI is InChI=1S/C36H32N2O3/c1-4-21-12-10-13-22(5-2)32(21)37-33(39)23-14-11-15-24(20-23)38-34(40)31-29-25-16-6-8-18-27(25)30(36(31,3)35(38)41)28-19-9-7-17-26(28)29/h6-20,29-31H,4-5H2,1-3H3,(H,37,39)/t29?,30?,31-,36+/m0/s1. The number of para-hydroxylation sites is 1. The first-order valence-electron chi connectivity index (χ1n) is 14.5. The number of nitrogens with one attached hydrogen (secondary N) is 1. The third kappa shape index (κ3) is 3.45. The summed E-state index contributed by atoms with van der Waals surface area (Å²) in [6, 6.07) is 29.5. The molecule has 3 aliphatic carbocycles. The van der Waals surface area contributed by atoms with Gasteiger partial charge in [-0.25, -0.2) is 4.90 Å². The van der Waals surface area contributed by atoms with E-state index in [2.05, 4.69) is 43.4 Å². The highest BCUT2D eigenvalue weighted by molar-refractivity contribution is 6.25. The van der Waals surface area contributed by atoms with Crippen LogP contribution in [0.15, 0.2) is 91.0 Å². The number of imide groups is 1. The van der Waals surface area contributed by atoms with Crippen LogP contribution in [0, 0.1) is 11.3 Å². The topological polar surface area (TPSA) is 66.5 Å². The van der Waals surface area contributed by atoms with Crippen molar-refractivity contribution in [1.82, 2.24) is 0 Å². The lowest BCUT2D eigenvalue weighted by Gasteiger charge is -2.51. The van der Waals surface area contributed by atoms with Crippen LogP contribution in [-0.2, 0) is 22.4 Å². The van der Waals surface area contributed by atoms with E-state index in [-0.39, 0.29) is 29.6 Å². The fourth-order valence-corrected chi connectivity index (χ4v) is 7.74. The number of hydrogen-bond donors (Lipinski definition) is 1. The molecule has 0 saturated carbocycles. The van der Waals surface area contributed by atoms with Gasteiger partial charge in [0, 0.05) is 23.1 Å². The molecule has 41 heavy (non-hydrogen) atoms. The Morgan fingerprint density at radius 3 is 1.93 bits per heavy atom. The molecule has 1 heterocycles. The molecule has 4 aromatic rings. The Bertz CT molecular complexity index is 1690. The van der Waals surface area contributed by atoms with Crippen LogP contribution in [0.3, 0.4) is 0 Å². The largest absolute Gasteiger partial charge is 0.321 e. The monoisotopic (exact) mass is 540 g/mol. The van der Waals surface area contributed by atoms with E-state index in [1.807, 2.05) is 49.4 Å². The number of benzene rings is 4. The van der Waals surface area contributed by atoms with Crippen LogP contribution in [0.25, 0.3) is 0 Å². The molecule has 5 heteroatoms. The van der Waals surface area contributed by atoms with Crippen molar-refractivity contribution in [2.24, 2.45) is 11.3 Å². The van der Waals surface area contributed by atoms with E-state index in [0.29, 0.717) is 11.3 Å². The molecular formula is C36H32N2O3. The number of anilines is 2. The number of nitrogens with zero attached hydrogens (tertiary/aromatic N) is 1. The van der Waals surface area contributed by atoms with Crippen molar-refractivity contribution in [2.45, 2.75) is 45.4 Å². The Hall–Kier alpha value is -4.51. The molecule has 1 N–H and O–H groups in total. The molecule has 0 aromatic heterocycles. The highest BCUT2D eigenvalue weighted by Gasteiger charge is 2.68. The van der Waals surface area contributed by atoms with Crippen molar-refractivity contribution in [3.63, 3.8) is 0 Å². The molecule has 2 atom stereocenters. The van der Waals surface area contributed by atoms with Gasteiger partial charge in [-0.05, 0) is 71.3 Å². The van der Waals surface area contributed by atoms with Gasteiger partial charge in [-0.3, -0.25) is 14.4 Å². The minimum atomic E-state index is -0.918. The Morgan fingerprint density at radius 2 is 1.34 bits per heavy atom. The summed E-state index contributed by atoms with van der Waals surface area (Å²) < 4.78 is 0. The summed E-state index contributed by atoms with van der Waals surface area (Å²) in [5.74, 6) is -1.57. The first-order valence-corrected chi connectivity index (χ1v) is 14.5. The van der Waals surface area contributed by atoms with Gasteiger partial charge in [-0.1, -0.05) is 86.6 Å². The maximum absolute atomic E-state index is 14.4. The second-order valence-electron chi connectivity index (χ2n) is 11.6. The molecule has 4 aliphatic rings. The van der Waals surface area contributed by atoms with E-state index < -0.39 is 11.3 Å². The number of carbonyl (C=O) groups is 3. The number of hydrogen-bond acceptors (Lipinski definition) is 3. The molecule has 204 valence electrons. The van der Waals surface area contributed by atoms with Crippen molar-refractivity contribution in [3.05, 3.63) is 130 Å². The lowest BCUT2D eigenvalue weighted by molar-refractivity contribution is -0.128. The number of amides is 3. The van der Waals surface area contributed by atoms with Crippen molar-refractivity contribution in [3.8, 4) is 0 Å². The first-order chi connectivity index (χ1) is 19.9. The van der Waals surface area contributed by atoms with Gasteiger partial charge in [0.15, 0.2) is 0 Å². The summed E-state index contributed by atoms with van der Waals surface area (Å²) in [5.41, 5.74) is 7.45. The van der Waals surface area contributed by atoms with Crippen LogP contribution in [0.5, 0.6) is 0 Å². The summed E-state index contributed by atoms with van der Waals surface area (Å²) in [6.07, 6.45) is 1.60. The zero-order chi connectivity index (χ0) is 28.5. The summed E-state index contributed by atoms with van der Waals surface area (Å²) in [4.78, 5) is 43.6. The summed E-state index contributed by atoms with van der Waals surface area (Å²) in [5, 5.41) is 3.12. The second kappa shape index (κ2) is 9.27. The lowest BCUT2D eigenvalue weighted by Crippen LogP contribution is -2.49. The average molecular weight is 541 g/mol. The van der Waals surface area contributed by atoms with Gasteiger partial charge in [0.05, 0.1) is 17.0 Å². The molecule has 0 unspecified atom stereocenters. The molecule has 4 aromatic carbocycles. The van der Waals surface area contributed by atoms with Crippen LogP contribution in [0.4, 0.5) is 11.4 Å². The van der Waals surface area contributed by atoms with E-state index in [1.54, 1.807) is 24.3 Å². The molecular weight excluding hydrogens is 508 g/mol. The molecule has 8 rings (SSSR count). The molecule has 5 nitrogen and oxygen atoms in total. The minimum absolute atomic E-state index is 0.191. The Balaban J connectivity index is 1.28. The van der Waals surface area contributed by atoms with Crippen molar-refractivity contribution in [1.29, 1.82) is 0 Å². The van der Waals surface area contributed by atoms with Crippen LogP contribution in [0.1, 0.15) is 76.3 Å². The first kappa shape index (κ1) is 25.5. The van der Waals surface area contributed by atoms with Crippen molar-refractivity contribution < 1.29 is 14.4 Å². The maximum Gasteiger partial charge on any atom is 0.255 e. The van der Waals surface area contributed by atoms with Gasteiger partial charge < -0.3 is 5.32 Å². The van der Waals surface area contributed by atoms with Gasteiger partial charge in [-0.15, -0.1) is 0 Å². The summed E-state index contributed by atoms with van der Waals surface area (Å²) in [7, 11) is 0. The van der Waals surface area contributed by atoms with Gasteiger partial charge in [0.1, 0.15) is 0 Å². The minimum Gasteiger partial charge on any atom is -0.321 e. The van der Waals surface area contributed by atoms with Gasteiger partial charge in [-0.2, -0.15) is 0 Å². The van der Waals surface area contributed by atoms with Crippen molar-refractivity contribution >= 4 is 29.1 Å². The number of rotatable bonds is 5. The number of carbonyl (C=O) groups excluding carboxylic acids is 3. The lowest BCUT2D eigenvalue weighted by atomic mass is 9.48. The number of aryl methyl sites for hydroxylation is 2. The predicted molar refractivity (Wildman–Crippen MR) is 160 cm³/mol. The van der Waals surface area contributed by atoms with E-state index in [9.17, 15) is 14.4 Å². The Morgan fingerprint density at radius 1 is 0.780 bits per heavy atom. The van der Waals surface area contributed by atoms with E-state index in [4.69, 9.17) is 0 Å². The van der Waals surface area contributed by atoms with Gasteiger partial charge in [0.25, 0.3) is 5.91 Å². The molecule has 2 bridgehead atoms. The average Bonchev–Trinajstić information content (AvgIpc) is 3.22. The summed E-state index contributed by atoms with van der Waals surface area (Å²) in [6.45, 7) is 6.10. The molecule has 1 fully saturated rings. The van der Waals surface area contributed by atoms with Gasteiger partial charge in [0.2, 0.25) is 11.8 Å². The normalized spacial score (nSPS) is 23.7.